The fourth-order valence-corrected chi connectivity index (χ4v) is 2.63. The van der Waals surface area contributed by atoms with Gasteiger partial charge in [0.05, 0.1) is 11.0 Å². The number of benzene rings is 2. The topological polar surface area (TPSA) is 43.8 Å². The molecular formula is C17H18FN3. The molecule has 0 aliphatic carbocycles. The van der Waals surface area contributed by atoms with E-state index in [0.717, 1.165) is 16.9 Å². The van der Waals surface area contributed by atoms with Gasteiger partial charge in [0.25, 0.3) is 0 Å². The van der Waals surface area contributed by atoms with Gasteiger partial charge in [-0.2, -0.15) is 0 Å². The first kappa shape index (κ1) is 13.8. The first-order valence-electron chi connectivity index (χ1n) is 7.04. The molecule has 2 N–H and O–H groups in total. The van der Waals surface area contributed by atoms with Crippen LogP contribution in [0.25, 0.3) is 11.0 Å². The second-order valence-electron chi connectivity index (χ2n) is 5.34. The van der Waals surface area contributed by atoms with E-state index in [-0.39, 0.29) is 11.9 Å². The fourth-order valence-electron chi connectivity index (χ4n) is 2.63. The lowest BCUT2D eigenvalue weighted by Gasteiger charge is -2.12. The van der Waals surface area contributed by atoms with Gasteiger partial charge in [0.1, 0.15) is 11.6 Å². The average Bonchev–Trinajstić information content (AvgIpc) is 2.78. The Morgan fingerprint density at radius 1 is 1.10 bits per heavy atom. The van der Waals surface area contributed by atoms with Crippen molar-refractivity contribution in [1.29, 1.82) is 0 Å². The van der Waals surface area contributed by atoms with Crippen LogP contribution in [0.3, 0.4) is 0 Å². The third-order valence-corrected chi connectivity index (χ3v) is 3.76. The molecule has 21 heavy (non-hydrogen) atoms. The van der Waals surface area contributed by atoms with E-state index >= 15 is 0 Å². The first-order valence-corrected chi connectivity index (χ1v) is 7.04. The number of nitrogens with zero attached hydrogens (tertiary/aromatic N) is 2. The molecule has 0 aliphatic heterocycles. The van der Waals surface area contributed by atoms with Crippen molar-refractivity contribution in [1.82, 2.24) is 9.55 Å². The van der Waals surface area contributed by atoms with E-state index in [9.17, 15) is 4.39 Å². The van der Waals surface area contributed by atoms with Crippen LogP contribution in [0.2, 0.25) is 0 Å². The molecule has 0 saturated heterocycles. The van der Waals surface area contributed by atoms with Crippen molar-refractivity contribution in [2.75, 3.05) is 0 Å². The number of hydrogen-bond acceptors (Lipinski definition) is 2. The summed E-state index contributed by atoms with van der Waals surface area (Å²) in [6, 6.07) is 14.6. The van der Waals surface area contributed by atoms with Crippen LogP contribution in [0, 0.1) is 5.82 Å². The smallest absolute Gasteiger partial charge is 0.126 e. The van der Waals surface area contributed by atoms with Crippen LogP contribution < -0.4 is 5.73 Å². The summed E-state index contributed by atoms with van der Waals surface area (Å²) in [5, 5.41) is 0. The van der Waals surface area contributed by atoms with Crippen LogP contribution in [0.4, 0.5) is 4.39 Å². The summed E-state index contributed by atoms with van der Waals surface area (Å²) in [7, 11) is 1.99. The van der Waals surface area contributed by atoms with Crippen molar-refractivity contribution >= 4 is 11.0 Å². The lowest BCUT2D eigenvalue weighted by atomic mass is 10.0. The zero-order valence-electron chi connectivity index (χ0n) is 12.0. The van der Waals surface area contributed by atoms with Gasteiger partial charge in [0.2, 0.25) is 0 Å². The van der Waals surface area contributed by atoms with Crippen LogP contribution in [-0.4, -0.2) is 15.6 Å². The largest absolute Gasteiger partial charge is 0.331 e. The Morgan fingerprint density at radius 2 is 1.81 bits per heavy atom. The molecule has 0 aliphatic rings. The molecule has 0 spiro atoms. The summed E-state index contributed by atoms with van der Waals surface area (Å²) >= 11 is 0. The molecule has 0 fully saturated rings. The van der Waals surface area contributed by atoms with Crippen molar-refractivity contribution < 1.29 is 4.39 Å². The third kappa shape index (κ3) is 2.81. The number of fused-ring (bicyclic) bond motifs is 1. The second-order valence-corrected chi connectivity index (χ2v) is 5.34. The van der Waals surface area contributed by atoms with Crippen molar-refractivity contribution in [2.45, 2.75) is 18.9 Å². The molecular weight excluding hydrogens is 265 g/mol. The van der Waals surface area contributed by atoms with E-state index < -0.39 is 0 Å². The minimum absolute atomic E-state index is 0.155. The fraction of sp³-hybridized carbons (Fsp3) is 0.235. The molecule has 1 aromatic heterocycles. The maximum atomic E-state index is 13.7. The van der Waals surface area contributed by atoms with Gasteiger partial charge >= 0.3 is 0 Å². The number of aryl methyl sites for hydroxylation is 1. The molecule has 0 radical (unpaired) electrons. The lowest BCUT2D eigenvalue weighted by molar-refractivity contribution is 0.574. The molecule has 2 aromatic carbocycles. The Morgan fingerprint density at radius 3 is 2.57 bits per heavy atom. The summed E-state index contributed by atoms with van der Waals surface area (Å²) in [4.78, 5) is 4.61. The SMILES string of the molecule is Cn1c(CC(N)Cc2ccccc2F)nc2ccccc21. The average molecular weight is 283 g/mol. The van der Waals surface area contributed by atoms with Crippen LogP contribution in [0.5, 0.6) is 0 Å². The third-order valence-electron chi connectivity index (χ3n) is 3.76. The summed E-state index contributed by atoms with van der Waals surface area (Å²) < 4.78 is 15.7. The van der Waals surface area contributed by atoms with Crippen molar-refractivity contribution in [3.63, 3.8) is 0 Å². The van der Waals surface area contributed by atoms with E-state index in [0.29, 0.717) is 18.4 Å². The molecule has 1 unspecified atom stereocenters. The molecule has 0 bridgehead atoms. The zero-order chi connectivity index (χ0) is 14.8. The van der Waals surface area contributed by atoms with E-state index in [4.69, 9.17) is 5.73 Å². The molecule has 3 rings (SSSR count). The Labute approximate surface area is 123 Å². The second kappa shape index (κ2) is 5.66. The van der Waals surface area contributed by atoms with Crippen molar-refractivity contribution in [3.05, 3.63) is 65.7 Å². The summed E-state index contributed by atoms with van der Waals surface area (Å²) in [5.41, 5.74) is 8.89. The highest BCUT2D eigenvalue weighted by Gasteiger charge is 2.13. The number of imidazole rings is 1. The molecule has 0 saturated carbocycles. The highest BCUT2D eigenvalue weighted by molar-refractivity contribution is 5.75. The summed E-state index contributed by atoms with van der Waals surface area (Å²) in [6.07, 6.45) is 1.13. The van der Waals surface area contributed by atoms with Gasteiger partial charge < -0.3 is 10.3 Å². The summed E-state index contributed by atoms with van der Waals surface area (Å²) in [6.45, 7) is 0. The lowest BCUT2D eigenvalue weighted by Crippen LogP contribution is -2.27. The number of rotatable bonds is 4. The normalized spacial score (nSPS) is 12.7. The molecule has 1 heterocycles. The number of aromatic nitrogens is 2. The van der Waals surface area contributed by atoms with Crippen LogP contribution >= 0.6 is 0 Å². The van der Waals surface area contributed by atoms with Gasteiger partial charge in [0.15, 0.2) is 0 Å². The van der Waals surface area contributed by atoms with E-state index in [2.05, 4.69) is 9.55 Å². The molecule has 3 aromatic rings. The van der Waals surface area contributed by atoms with Crippen molar-refractivity contribution in [3.8, 4) is 0 Å². The quantitative estimate of drug-likeness (QED) is 0.800. The molecule has 4 heteroatoms. The van der Waals surface area contributed by atoms with E-state index in [1.54, 1.807) is 12.1 Å². The standard InChI is InChI=1S/C17H18FN3/c1-21-16-9-5-4-8-15(16)20-17(21)11-13(19)10-12-6-2-3-7-14(12)18/h2-9,13H,10-11,19H2,1H3. The van der Waals surface area contributed by atoms with Crippen LogP contribution in [0.1, 0.15) is 11.4 Å². The Bertz CT molecular complexity index is 764. The summed E-state index contributed by atoms with van der Waals surface area (Å²) in [5.74, 6) is 0.734. The maximum absolute atomic E-state index is 13.7. The van der Waals surface area contributed by atoms with Gasteiger partial charge in [-0.05, 0) is 30.2 Å². The number of hydrogen-bond donors (Lipinski definition) is 1. The highest BCUT2D eigenvalue weighted by atomic mass is 19.1. The number of halogens is 1. The van der Waals surface area contributed by atoms with E-state index in [1.807, 2.05) is 37.4 Å². The van der Waals surface area contributed by atoms with Crippen LogP contribution in [0.15, 0.2) is 48.5 Å². The van der Waals surface area contributed by atoms with Gasteiger partial charge in [-0.1, -0.05) is 30.3 Å². The first-order chi connectivity index (χ1) is 10.1. The van der Waals surface area contributed by atoms with Gasteiger partial charge in [0, 0.05) is 19.5 Å². The zero-order valence-corrected chi connectivity index (χ0v) is 12.0. The monoisotopic (exact) mass is 283 g/mol. The Kier molecular flexibility index (Phi) is 3.71. The van der Waals surface area contributed by atoms with Gasteiger partial charge in [-0.25, -0.2) is 9.37 Å². The number of nitrogens with two attached hydrogens (primary N) is 1. The van der Waals surface area contributed by atoms with Gasteiger partial charge in [-0.15, -0.1) is 0 Å². The predicted octanol–water partition coefficient (Wildman–Crippen LogP) is 2.82. The predicted molar refractivity (Wildman–Crippen MR) is 82.5 cm³/mol. The number of para-hydroxylation sites is 2. The Hall–Kier alpha value is -2.20. The van der Waals surface area contributed by atoms with Gasteiger partial charge in [-0.3, -0.25) is 0 Å². The Balaban J connectivity index is 1.79. The molecule has 108 valence electrons. The maximum Gasteiger partial charge on any atom is 0.126 e. The molecule has 0 amide bonds. The van der Waals surface area contributed by atoms with Crippen molar-refractivity contribution in [2.24, 2.45) is 12.8 Å². The highest BCUT2D eigenvalue weighted by Crippen LogP contribution is 2.16. The van der Waals surface area contributed by atoms with E-state index in [1.165, 1.54) is 6.07 Å². The molecule has 1 atom stereocenters. The van der Waals surface area contributed by atoms with Crippen LogP contribution in [-0.2, 0) is 19.9 Å². The minimum atomic E-state index is -0.196. The molecule has 3 nitrogen and oxygen atoms in total. The minimum Gasteiger partial charge on any atom is -0.331 e.